The summed E-state index contributed by atoms with van der Waals surface area (Å²) in [6.45, 7) is 1.93. The number of nitrogens with one attached hydrogen (secondary N) is 1. The summed E-state index contributed by atoms with van der Waals surface area (Å²) in [4.78, 5) is 17.3. The number of fused-ring (bicyclic) bond motifs is 1. The van der Waals surface area contributed by atoms with E-state index in [1.54, 1.807) is 13.2 Å². The number of nitrogens with zero attached hydrogens (tertiary/aromatic N) is 4. The number of anilines is 1. The van der Waals surface area contributed by atoms with Crippen molar-refractivity contribution in [2.45, 2.75) is 6.92 Å². The summed E-state index contributed by atoms with van der Waals surface area (Å²) in [5.41, 5.74) is 1.99. The van der Waals surface area contributed by atoms with Crippen molar-refractivity contribution in [3.05, 3.63) is 77.2 Å². The van der Waals surface area contributed by atoms with Gasteiger partial charge in [-0.15, -0.1) is 0 Å². The topological polar surface area (TPSA) is 92.8 Å². The van der Waals surface area contributed by atoms with E-state index in [9.17, 15) is 14.4 Å². The number of halogens is 1. The van der Waals surface area contributed by atoms with Crippen molar-refractivity contribution in [1.82, 2.24) is 14.8 Å². The highest BCUT2D eigenvalue weighted by Gasteiger charge is 2.18. The highest BCUT2D eigenvalue weighted by Crippen LogP contribution is 2.29. The lowest BCUT2D eigenvalue weighted by molar-refractivity contribution is 0.102. The number of rotatable bonds is 4. The first-order valence-corrected chi connectivity index (χ1v) is 9.01. The molecular formula is C22H16FN5O2. The van der Waals surface area contributed by atoms with Crippen LogP contribution in [0.3, 0.4) is 0 Å². The molecule has 2 heterocycles. The van der Waals surface area contributed by atoms with Crippen molar-refractivity contribution >= 4 is 22.6 Å². The lowest BCUT2D eigenvalue weighted by atomic mass is 10.1. The van der Waals surface area contributed by atoms with Crippen LogP contribution in [0.5, 0.6) is 5.75 Å². The number of aromatic nitrogens is 3. The quantitative estimate of drug-likeness (QED) is 0.558. The van der Waals surface area contributed by atoms with Gasteiger partial charge in [0.15, 0.2) is 11.6 Å². The van der Waals surface area contributed by atoms with Gasteiger partial charge < -0.3 is 10.1 Å². The van der Waals surface area contributed by atoms with Gasteiger partial charge in [0.05, 0.1) is 13.3 Å². The van der Waals surface area contributed by atoms with Gasteiger partial charge in [0, 0.05) is 10.9 Å². The minimum absolute atomic E-state index is 0.171. The molecule has 0 aliphatic rings. The van der Waals surface area contributed by atoms with Gasteiger partial charge in [0.2, 0.25) is 0 Å². The van der Waals surface area contributed by atoms with Crippen LogP contribution in [0, 0.1) is 24.1 Å². The summed E-state index contributed by atoms with van der Waals surface area (Å²) in [6, 6.07) is 14.6. The smallest absolute Gasteiger partial charge is 0.256 e. The number of carbonyl (C=O) groups is 1. The third-order valence-corrected chi connectivity index (χ3v) is 4.66. The van der Waals surface area contributed by atoms with Gasteiger partial charge in [-0.2, -0.15) is 15.0 Å². The molecule has 30 heavy (non-hydrogen) atoms. The fourth-order valence-electron chi connectivity index (χ4n) is 3.15. The molecule has 4 aromatic rings. The second-order valence-electron chi connectivity index (χ2n) is 6.55. The van der Waals surface area contributed by atoms with E-state index in [-0.39, 0.29) is 16.9 Å². The van der Waals surface area contributed by atoms with Gasteiger partial charge in [-0.1, -0.05) is 12.1 Å². The molecule has 148 valence electrons. The van der Waals surface area contributed by atoms with E-state index < -0.39 is 11.7 Å². The summed E-state index contributed by atoms with van der Waals surface area (Å²) < 4.78 is 20.0. The Morgan fingerprint density at radius 1 is 1.23 bits per heavy atom. The van der Waals surface area contributed by atoms with E-state index in [1.807, 2.05) is 31.2 Å². The summed E-state index contributed by atoms with van der Waals surface area (Å²) in [5, 5.41) is 17.3. The molecule has 4 rings (SSSR count). The molecule has 0 aliphatic heterocycles. The highest BCUT2D eigenvalue weighted by atomic mass is 19.1. The molecule has 8 heteroatoms. The minimum atomic E-state index is -0.497. The zero-order valence-electron chi connectivity index (χ0n) is 16.2. The number of methoxy groups -OCH3 is 1. The molecule has 0 unspecified atom stereocenters. The van der Waals surface area contributed by atoms with E-state index in [0.29, 0.717) is 17.1 Å². The maximum Gasteiger partial charge on any atom is 0.256 e. The SMILES string of the molecule is COc1cccc2c(C)cc(-n3ncc(C#N)c3NC(=O)c3ccc(F)cc3)nc12. The first-order chi connectivity index (χ1) is 14.5. The van der Waals surface area contributed by atoms with Crippen LogP contribution in [0.1, 0.15) is 21.5 Å². The van der Waals surface area contributed by atoms with Gasteiger partial charge >= 0.3 is 0 Å². The molecule has 0 fully saturated rings. The lowest BCUT2D eigenvalue weighted by Gasteiger charge is -2.12. The molecule has 0 aliphatic carbocycles. The number of benzene rings is 2. The highest BCUT2D eigenvalue weighted by molar-refractivity contribution is 6.04. The predicted molar refractivity (Wildman–Crippen MR) is 109 cm³/mol. The zero-order chi connectivity index (χ0) is 21.3. The minimum Gasteiger partial charge on any atom is -0.494 e. The first kappa shape index (κ1) is 19.1. The molecule has 0 saturated heterocycles. The van der Waals surface area contributed by atoms with E-state index in [1.165, 1.54) is 35.1 Å². The maximum atomic E-state index is 13.2. The third kappa shape index (κ3) is 3.33. The lowest BCUT2D eigenvalue weighted by Crippen LogP contribution is -2.16. The number of carbonyl (C=O) groups excluding carboxylic acids is 1. The molecular weight excluding hydrogens is 385 g/mol. The molecule has 7 nitrogen and oxygen atoms in total. The normalized spacial score (nSPS) is 10.6. The zero-order valence-corrected chi connectivity index (χ0v) is 16.2. The summed E-state index contributed by atoms with van der Waals surface area (Å²) >= 11 is 0. The molecule has 2 aromatic heterocycles. The Bertz CT molecular complexity index is 1310. The van der Waals surface area contributed by atoms with E-state index in [0.717, 1.165) is 10.9 Å². The molecule has 1 N–H and O–H groups in total. The van der Waals surface area contributed by atoms with Crippen LogP contribution in [0.25, 0.3) is 16.7 Å². The molecule has 1 amide bonds. The standard InChI is InChI=1S/C22H16FN5O2/c1-13-10-19(26-20-17(13)4-3-5-18(20)30-2)28-21(15(11-24)12-25-28)27-22(29)14-6-8-16(23)9-7-14/h3-10,12H,1-2H3,(H,27,29). The van der Waals surface area contributed by atoms with Crippen molar-refractivity contribution in [2.75, 3.05) is 12.4 Å². The Kier molecular flexibility index (Phi) is 4.86. The van der Waals surface area contributed by atoms with Crippen molar-refractivity contribution in [3.8, 4) is 17.6 Å². The van der Waals surface area contributed by atoms with Crippen molar-refractivity contribution < 1.29 is 13.9 Å². The summed E-state index contributed by atoms with van der Waals surface area (Å²) in [7, 11) is 1.56. The maximum absolute atomic E-state index is 13.2. The van der Waals surface area contributed by atoms with E-state index in [4.69, 9.17) is 4.74 Å². The average molecular weight is 401 g/mol. The van der Waals surface area contributed by atoms with Crippen LogP contribution in [0.4, 0.5) is 10.2 Å². The molecule has 0 spiro atoms. The first-order valence-electron chi connectivity index (χ1n) is 9.01. The molecule has 0 atom stereocenters. The average Bonchev–Trinajstić information content (AvgIpc) is 3.16. The van der Waals surface area contributed by atoms with Gasteiger partial charge in [0.25, 0.3) is 5.91 Å². The predicted octanol–water partition coefficient (Wildman–Crippen LogP) is 4.00. The van der Waals surface area contributed by atoms with Crippen LogP contribution in [0.2, 0.25) is 0 Å². The Morgan fingerprint density at radius 3 is 2.70 bits per heavy atom. The number of ether oxygens (including phenoxy) is 1. The largest absolute Gasteiger partial charge is 0.494 e. The number of para-hydroxylation sites is 1. The number of amides is 1. The van der Waals surface area contributed by atoms with Crippen LogP contribution in [-0.4, -0.2) is 27.8 Å². The molecule has 2 aromatic carbocycles. The summed E-state index contributed by atoms with van der Waals surface area (Å²) in [6.07, 6.45) is 1.35. The van der Waals surface area contributed by atoms with Gasteiger partial charge in [-0.25, -0.2) is 9.37 Å². The van der Waals surface area contributed by atoms with Gasteiger partial charge in [-0.05, 0) is 48.9 Å². The Labute approximate surface area is 171 Å². The van der Waals surface area contributed by atoms with Crippen LogP contribution in [-0.2, 0) is 0 Å². The van der Waals surface area contributed by atoms with Gasteiger partial charge in [0.1, 0.15) is 28.7 Å². The Hall–Kier alpha value is -4.25. The van der Waals surface area contributed by atoms with Crippen molar-refractivity contribution in [1.29, 1.82) is 5.26 Å². The third-order valence-electron chi connectivity index (χ3n) is 4.66. The van der Waals surface area contributed by atoms with E-state index in [2.05, 4.69) is 15.4 Å². The number of nitriles is 1. The molecule has 0 bridgehead atoms. The Morgan fingerprint density at radius 2 is 2.00 bits per heavy atom. The second kappa shape index (κ2) is 7.64. The van der Waals surface area contributed by atoms with Crippen molar-refractivity contribution in [3.63, 3.8) is 0 Å². The number of pyridine rings is 1. The monoisotopic (exact) mass is 401 g/mol. The fourth-order valence-corrected chi connectivity index (χ4v) is 3.15. The number of aryl methyl sites for hydroxylation is 1. The van der Waals surface area contributed by atoms with Crippen LogP contribution >= 0.6 is 0 Å². The fraction of sp³-hybridized carbons (Fsp3) is 0.0909. The number of hydrogen-bond acceptors (Lipinski definition) is 5. The van der Waals surface area contributed by atoms with Gasteiger partial charge in [-0.3, -0.25) is 4.79 Å². The Balaban J connectivity index is 1.81. The van der Waals surface area contributed by atoms with Crippen molar-refractivity contribution in [2.24, 2.45) is 0 Å². The number of hydrogen-bond donors (Lipinski definition) is 1. The second-order valence-corrected chi connectivity index (χ2v) is 6.55. The molecule has 0 saturated carbocycles. The summed E-state index contributed by atoms with van der Waals surface area (Å²) in [5.74, 6) is 0.248. The van der Waals surface area contributed by atoms with Crippen LogP contribution in [0.15, 0.2) is 54.7 Å². The van der Waals surface area contributed by atoms with Crippen LogP contribution < -0.4 is 10.1 Å². The molecule has 0 radical (unpaired) electrons. The van der Waals surface area contributed by atoms with E-state index >= 15 is 0 Å².